The van der Waals surface area contributed by atoms with E-state index < -0.39 is 0 Å². The molecule has 4 rings (SSSR count). The summed E-state index contributed by atoms with van der Waals surface area (Å²) in [6.45, 7) is 5.21. The molecule has 1 saturated heterocycles. The smallest absolute Gasteiger partial charge is 0.224 e. The third-order valence-electron chi connectivity index (χ3n) is 6.81. The lowest BCUT2D eigenvalue weighted by Gasteiger charge is -2.34. The number of carbonyl (C=O) groups excluding carboxylic acids is 2. The molecule has 2 amide bonds. The summed E-state index contributed by atoms with van der Waals surface area (Å²) in [5.74, 6) is 1.05. The molecule has 1 aliphatic heterocycles. The summed E-state index contributed by atoms with van der Waals surface area (Å²) in [6, 6.07) is 7.87. The minimum absolute atomic E-state index is 0.0323. The first kappa shape index (κ1) is 23.6. The number of nitrogens with one attached hydrogen (secondary N) is 2. The quantitative estimate of drug-likeness (QED) is 0.631. The Morgan fingerprint density at radius 3 is 2.36 bits per heavy atom. The van der Waals surface area contributed by atoms with E-state index in [0.29, 0.717) is 17.5 Å². The number of piperidine rings is 1. The molecule has 7 nitrogen and oxygen atoms in total. The van der Waals surface area contributed by atoms with E-state index in [1.54, 1.807) is 0 Å². The zero-order valence-electron chi connectivity index (χ0n) is 19.6. The lowest BCUT2D eigenvalue weighted by Crippen LogP contribution is -2.44. The highest BCUT2D eigenvalue weighted by molar-refractivity contribution is 6.30. The van der Waals surface area contributed by atoms with Gasteiger partial charge in [0.15, 0.2) is 5.82 Å². The first-order valence-corrected chi connectivity index (χ1v) is 12.5. The van der Waals surface area contributed by atoms with Crippen molar-refractivity contribution in [3.63, 3.8) is 0 Å². The van der Waals surface area contributed by atoms with Gasteiger partial charge in [-0.25, -0.2) is 4.68 Å². The molecule has 1 aromatic carbocycles. The highest BCUT2D eigenvalue weighted by atomic mass is 35.5. The standard InChI is InChI=1S/C25H34ClN5O2/c1-3-22(32)28-23-17(2)29-31(21-11-9-19(26)10-12-21)25(23)30-15-13-18(14-16-30)24(33)27-20-7-5-4-6-8-20/h9-12,18,20H,3-8,13-16H2,1-2H3,(H,27,33)(H,28,32). The number of nitrogens with zero attached hydrogens (tertiary/aromatic N) is 3. The fraction of sp³-hybridized carbons (Fsp3) is 0.560. The number of hydrogen-bond acceptors (Lipinski definition) is 4. The van der Waals surface area contributed by atoms with Crippen LogP contribution in [0.1, 0.15) is 64.0 Å². The molecule has 2 N–H and O–H groups in total. The second-order valence-electron chi connectivity index (χ2n) is 9.18. The number of hydrogen-bond donors (Lipinski definition) is 2. The lowest BCUT2D eigenvalue weighted by molar-refractivity contribution is -0.126. The lowest BCUT2D eigenvalue weighted by atomic mass is 9.92. The number of carbonyl (C=O) groups is 2. The average Bonchev–Trinajstić information content (AvgIpc) is 3.15. The molecule has 0 atom stereocenters. The maximum Gasteiger partial charge on any atom is 0.224 e. The van der Waals surface area contributed by atoms with Crippen molar-refractivity contribution >= 4 is 34.9 Å². The Balaban J connectivity index is 1.53. The van der Waals surface area contributed by atoms with Crippen LogP contribution in [0.3, 0.4) is 0 Å². The van der Waals surface area contributed by atoms with Crippen molar-refractivity contribution in [2.24, 2.45) is 5.92 Å². The van der Waals surface area contributed by atoms with Crippen LogP contribution in [0, 0.1) is 12.8 Å². The third-order valence-corrected chi connectivity index (χ3v) is 7.06. The Bertz CT molecular complexity index is 973. The number of rotatable bonds is 6. The maximum atomic E-state index is 12.9. The molecule has 0 unspecified atom stereocenters. The summed E-state index contributed by atoms with van der Waals surface area (Å²) in [7, 11) is 0. The molecular formula is C25H34ClN5O2. The number of anilines is 2. The van der Waals surface area contributed by atoms with E-state index in [2.05, 4.69) is 15.5 Å². The van der Waals surface area contributed by atoms with E-state index in [9.17, 15) is 9.59 Å². The zero-order chi connectivity index (χ0) is 23.4. The van der Waals surface area contributed by atoms with Crippen LogP contribution in [0.15, 0.2) is 24.3 Å². The van der Waals surface area contributed by atoms with Crippen LogP contribution in [0.4, 0.5) is 11.5 Å². The molecule has 0 spiro atoms. The van der Waals surface area contributed by atoms with Gasteiger partial charge in [-0.2, -0.15) is 5.10 Å². The van der Waals surface area contributed by atoms with E-state index in [-0.39, 0.29) is 17.7 Å². The second-order valence-corrected chi connectivity index (χ2v) is 9.62. The van der Waals surface area contributed by atoms with Crippen LogP contribution in [-0.4, -0.2) is 40.7 Å². The van der Waals surface area contributed by atoms with E-state index in [1.165, 1.54) is 19.3 Å². The van der Waals surface area contributed by atoms with Crippen LogP contribution in [0.25, 0.3) is 5.69 Å². The SMILES string of the molecule is CCC(=O)Nc1c(C)nn(-c2ccc(Cl)cc2)c1N1CCC(C(=O)NC2CCCCC2)CC1. The van der Waals surface area contributed by atoms with Gasteiger partial charge in [0.1, 0.15) is 5.69 Å². The Morgan fingerprint density at radius 1 is 1.06 bits per heavy atom. The van der Waals surface area contributed by atoms with Gasteiger partial charge in [-0.15, -0.1) is 0 Å². The molecule has 178 valence electrons. The topological polar surface area (TPSA) is 79.3 Å². The van der Waals surface area contributed by atoms with Gasteiger partial charge in [0, 0.05) is 36.5 Å². The molecule has 2 fully saturated rings. The third kappa shape index (κ3) is 5.52. The normalized spacial score (nSPS) is 17.7. The van der Waals surface area contributed by atoms with Crippen molar-refractivity contribution in [3.05, 3.63) is 35.0 Å². The van der Waals surface area contributed by atoms with Crippen molar-refractivity contribution < 1.29 is 9.59 Å². The van der Waals surface area contributed by atoms with Crippen LogP contribution in [0.2, 0.25) is 5.02 Å². The van der Waals surface area contributed by atoms with Gasteiger partial charge >= 0.3 is 0 Å². The number of aryl methyl sites for hydroxylation is 1. The van der Waals surface area contributed by atoms with Crippen molar-refractivity contribution in [2.75, 3.05) is 23.3 Å². The molecular weight excluding hydrogens is 438 g/mol. The van der Waals surface area contributed by atoms with Crippen molar-refractivity contribution in [1.29, 1.82) is 0 Å². The van der Waals surface area contributed by atoms with Crippen LogP contribution in [0.5, 0.6) is 0 Å². The van der Waals surface area contributed by atoms with Crippen molar-refractivity contribution in [3.8, 4) is 5.69 Å². The predicted molar refractivity (Wildman–Crippen MR) is 132 cm³/mol. The monoisotopic (exact) mass is 471 g/mol. The first-order valence-electron chi connectivity index (χ1n) is 12.2. The minimum Gasteiger partial charge on any atom is -0.355 e. The van der Waals surface area contributed by atoms with E-state index in [4.69, 9.17) is 16.7 Å². The Hall–Kier alpha value is -2.54. The largest absolute Gasteiger partial charge is 0.355 e. The van der Waals surface area contributed by atoms with Gasteiger partial charge in [0.05, 0.1) is 11.4 Å². The van der Waals surface area contributed by atoms with Crippen LogP contribution < -0.4 is 15.5 Å². The fourth-order valence-electron chi connectivity index (χ4n) is 4.86. The zero-order valence-corrected chi connectivity index (χ0v) is 20.3. The Labute approximate surface area is 200 Å². The maximum absolute atomic E-state index is 12.9. The van der Waals surface area contributed by atoms with Gasteiger partial charge in [-0.1, -0.05) is 37.8 Å². The Morgan fingerprint density at radius 2 is 1.73 bits per heavy atom. The molecule has 0 bridgehead atoms. The summed E-state index contributed by atoms with van der Waals surface area (Å²) in [5.41, 5.74) is 2.38. The molecule has 1 aliphatic carbocycles. The van der Waals surface area contributed by atoms with Gasteiger partial charge in [-0.05, 0) is 56.9 Å². The Kier molecular flexibility index (Phi) is 7.58. The first-order chi connectivity index (χ1) is 16.0. The molecule has 1 saturated carbocycles. The molecule has 2 heterocycles. The predicted octanol–water partition coefficient (Wildman–Crippen LogP) is 4.85. The fourth-order valence-corrected chi connectivity index (χ4v) is 4.99. The highest BCUT2D eigenvalue weighted by Gasteiger charge is 2.31. The number of amides is 2. The highest BCUT2D eigenvalue weighted by Crippen LogP contribution is 2.35. The summed E-state index contributed by atoms with van der Waals surface area (Å²) < 4.78 is 1.87. The van der Waals surface area contributed by atoms with Crippen LogP contribution in [-0.2, 0) is 9.59 Å². The molecule has 2 aromatic rings. The number of aromatic nitrogens is 2. The van der Waals surface area contributed by atoms with E-state index in [1.807, 2.05) is 42.8 Å². The molecule has 8 heteroatoms. The average molecular weight is 472 g/mol. The number of benzene rings is 1. The molecule has 1 aromatic heterocycles. The van der Waals surface area contributed by atoms with E-state index >= 15 is 0 Å². The summed E-state index contributed by atoms with van der Waals surface area (Å²) >= 11 is 6.09. The van der Waals surface area contributed by atoms with Gasteiger partial charge in [-0.3, -0.25) is 9.59 Å². The van der Waals surface area contributed by atoms with Crippen molar-refractivity contribution in [2.45, 2.75) is 71.3 Å². The van der Waals surface area contributed by atoms with E-state index in [0.717, 1.165) is 61.7 Å². The summed E-state index contributed by atoms with van der Waals surface area (Å²) in [5, 5.41) is 11.7. The van der Waals surface area contributed by atoms with Crippen LogP contribution >= 0.6 is 11.6 Å². The molecule has 0 radical (unpaired) electrons. The van der Waals surface area contributed by atoms with Gasteiger partial charge in [0.2, 0.25) is 11.8 Å². The van der Waals surface area contributed by atoms with Gasteiger partial charge < -0.3 is 15.5 Å². The second kappa shape index (κ2) is 10.6. The summed E-state index contributed by atoms with van der Waals surface area (Å²) in [6.07, 6.45) is 7.87. The number of halogens is 1. The van der Waals surface area contributed by atoms with Crippen molar-refractivity contribution in [1.82, 2.24) is 15.1 Å². The minimum atomic E-state index is -0.0447. The molecule has 2 aliphatic rings. The van der Waals surface area contributed by atoms with Gasteiger partial charge in [0.25, 0.3) is 0 Å². The molecule has 33 heavy (non-hydrogen) atoms. The summed E-state index contributed by atoms with van der Waals surface area (Å²) in [4.78, 5) is 27.4.